The zero-order valence-corrected chi connectivity index (χ0v) is 17.2. The molecule has 1 N–H and O–H groups in total. The first kappa shape index (κ1) is 22.1. The number of nitrogens with one attached hydrogen (secondary N) is 1. The van der Waals surface area contributed by atoms with E-state index in [1.54, 1.807) is 24.4 Å². The van der Waals surface area contributed by atoms with Crippen LogP contribution in [0, 0.1) is 0 Å². The Hall–Kier alpha value is -3.14. The molecule has 11 heteroatoms. The van der Waals surface area contributed by atoms with Crippen molar-refractivity contribution in [3.8, 4) is 5.75 Å². The second-order valence-electron chi connectivity index (χ2n) is 7.23. The second-order valence-corrected chi connectivity index (χ2v) is 7.67. The Morgan fingerprint density at radius 2 is 2.00 bits per heavy atom. The van der Waals surface area contributed by atoms with Crippen molar-refractivity contribution in [3.63, 3.8) is 0 Å². The number of hydrogen-bond donors (Lipinski definition) is 1. The number of halogens is 5. The molecule has 1 aliphatic rings. The van der Waals surface area contributed by atoms with Crippen LogP contribution in [-0.2, 0) is 0 Å². The Labute approximate surface area is 185 Å². The Kier molecular flexibility index (Phi) is 6.05. The van der Waals surface area contributed by atoms with E-state index in [-0.39, 0.29) is 18.2 Å². The minimum absolute atomic E-state index is 0.159. The average molecular weight is 469 g/mol. The predicted octanol–water partition coefficient (Wildman–Crippen LogP) is 4.85. The summed E-state index contributed by atoms with van der Waals surface area (Å²) in [6.07, 6.45) is -6.60. The van der Waals surface area contributed by atoms with Crippen LogP contribution in [0.25, 0.3) is 11.0 Å². The molecule has 3 aromatic rings. The number of alkyl halides is 4. The van der Waals surface area contributed by atoms with Gasteiger partial charge in [0, 0.05) is 24.2 Å². The maximum Gasteiger partial charge on any atom is 0.461 e. The van der Waals surface area contributed by atoms with Gasteiger partial charge in [0.05, 0.1) is 22.8 Å². The number of ether oxygens (including phenoxy) is 1. The monoisotopic (exact) mass is 468 g/mol. The number of benzene rings is 2. The van der Waals surface area contributed by atoms with Crippen molar-refractivity contribution < 1.29 is 27.1 Å². The lowest BCUT2D eigenvalue weighted by atomic mass is 10.1. The highest BCUT2D eigenvalue weighted by Gasteiger charge is 2.44. The van der Waals surface area contributed by atoms with E-state index < -0.39 is 24.2 Å². The summed E-state index contributed by atoms with van der Waals surface area (Å²) in [5.74, 6) is -0.674. The van der Waals surface area contributed by atoms with E-state index in [1.165, 1.54) is 23.1 Å². The molecule has 2 heterocycles. The molecule has 1 aromatic heterocycles. The zero-order valence-electron chi connectivity index (χ0n) is 16.4. The molecule has 1 atom stereocenters. The lowest BCUT2D eigenvalue weighted by Crippen LogP contribution is -2.35. The van der Waals surface area contributed by atoms with Crippen LogP contribution in [0.5, 0.6) is 5.75 Å². The number of nitrogens with zero attached hydrogens (tertiary/aromatic N) is 3. The highest BCUT2D eigenvalue weighted by atomic mass is 35.5. The van der Waals surface area contributed by atoms with Crippen molar-refractivity contribution in [2.75, 3.05) is 18.4 Å². The molecule has 0 saturated carbocycles. The number of carbonyl (C=O) groups excluding carboxylic acids is 1. The van der Waals surface area contributed by atoms with Crippen LogP contribution in [0.2, 0.25) is 5.02 Å². The molecule has 0 radical (unpaired) electrons. The van der Waals surface area contributed by atoms with Gasteiger partial charge in [0.1, 0.15) is 11.6 Å². The van der Waals surface area contributed by atoms with Gasteiger partial charge in [-0.05, 0) is 36.8 Å². The van der Waals surface area contributed by atoms with Crippen molar-refractivity contribution in [1.82, 2.24) is 14.9 Å². The third-order valence-corrected chi connectivity index (χ3v) is 5.18. The van der Waals surface area contributed by atoms with Gasteiger partial charge in [-0.2, -0.15) is 17.6 Å². The van der Waals surface area contributed by atoms with E-state index >= 15 is 0 Å². The standard InChI is InChI=1S/C21H17ClF4N4O2/c22-12-5-6-15-16(9-12)27-10-18(29-15)28-13-7-8-30(11-13)19(31)14-3-1-2-4-17(14)32-21(25,26)20(23)24/h1-6,9-10,13,20H,7-8,11H2,(H,28,29)/t13-/m1/s1. The first-order chi connectivity index (χ1) is 15.2. The van der Waals surface area contributed by atoms with Crippen LogP contribution in [0.4, 0.5) is 23.4 Å². The van der Waals surface area contributed by atoms with Gasteiger partial charge >= 0.3 is 12.5 Å². The summed E-state index contributed by atoms with van der Waals surface area (Å²) in [4.78, 5) is 23.1. The Morgan fingerprint density at radius 1 is 1.22 bits per heavy atom. The van der Waals surface area contributed by atoms with Gasteiger partial charge in [-0.1, -0.05) is 23.7 Å². The number of likely N-dealkylation sites (tertiary alicyclic amines) is 1. The molecule has 6 nitrogen and oxygen atoms in total. The topological polar surface area (TPSA) is 67.3 Å². The average Bonchev–Trinajstić information content (AvgIpc) is 3.22. The van der Waals surface area contributed by atoms with E-state index in [9.17, 15) is 22.4 Å². The SMILES string of the molecule is O=C(c1ccccc1OC(F)(F)C(F)F)N1CC[C@@H](Nc2cnc3cc(Cl)ccc3n2)C1. The second kappa shape index (κ2) is 8.78. The summed E-state index contributed by atoms with van der Waals surface area (Å²) < 4.78 is 55.9. The third-order valence-electron chi connectivity index (χ3n) is 4.95. The van der Waals surface area contributed by atoms with Crippen molar-refractivity contribution >= 4 is 34.4 Å². The van der Waals surface area contributed by atoms with E-state index in [0.29, 0.717) is 34.8 Å². The summed E-state index contributed by atoms with van der Waals surface area (Å²) in [6.45, 7) is 0.603. The number of amides is 1. The van der Waals surface area contributed by atoms with Crippen molar-refractivity contribution in [3.05, 3.63) is 59.2 Å². The van der Waals surface area contributed by atoms with E-state index in [0.717, 1.165) is 6.07 Å². The number of rotatable bonds is 6. The van der Waals surface area contributed by atoms with Crippen molar-refractivity contribution in [2.45, 2.75) is 25.0 Å². The molecule has 32 heavy (non-hydrogen) atoms. The fourth-order valence-corrected chi connectivity index (χ4v) is 3.59. The van der Waals surface area contributed by atoms with Crippen LogP contribution in [-0.4, -0.2) is 52.4 Å². The van der Waals surface area contributed by atoms with Crippen LogP contribution in [0.15, 0.2) is 48.7 Å². The molecule has 1 amide bonds. The Balaban J connectivity index is 1.45. The van der Waals surface area contributed by atoms with Gasteiger partial charge in [-0.3, -0.25) is 9.78 Å². The summed E-state index contributed by atoms with van der Waals surface area (Å²) in [5, 5.41) is 3.75. The molecule has 0 unspecified atom stereocenters. The molecule has 1 saturated heterocycles. The summed E-state index contributed by atoms with van der Waals surface area (Å²) in [7, 11) is 0. The molecule has 1 fully saturated rings. The smallest absolute Gasteiger partial charge is 0.427 e. The Morgan fingerprint density at radius 3 is 2.78 bits per heavy atom. The summed E-state index contributed by atoms with van der Waals surface area (Å²) in [6, 6.07) is 10.1. The minimum Gasteiger partial charge on any atom is -0.427 e. The first-order valence-corrected chi connectivity index (χ1v) is 10.0. The number of para-hydroxylation sites is 1. The fraction of sp³-hybridized carbons (Fsp3) is 0.286. The number of carbonyl (C=O) groups is 1. The molecule has 168 valence electrons. The summed E-state index contributed by atoms with van der Waals surface area (Å²) >= 11 is 5.95. The molecular formula is C21H17ClF4N4O2. The van der Waals surface area contributed by atoms with Gasteiger partial charge in [0.25, 0.3) is 5.91 Å². The van der Waals surface area contributed by atoms with E-state index in [2.05, 4.69) is 20.0 Å². The van der Waals surface area contributed by atoms with E-state index in [4.69, 9.17) is 11.6 Å². The summed E-state index contributed by atoms with van der Waals surface area (Å²) in [5.41, 5.74) is 1.08. The predicted molar refractivity (Wildman–Crippen MR) is 111 cm³/mol. The minimum atomic E-state index is -4.70. The van der Waals surface area contributed by atoms with Gasteiger partial charge in [-0.15, -0.1) is 0 Å². The van der Waals surface area contributed by atoms with Crippen LogP contribution >= 0.6 is 11.6 Å². The zero-order chi connectivity index (χ0) is 22.9. The van der Waals surface area contributed by atoms with E-state index in [1.807, 2.05) is 0 Å². The van der Waals surface area contributed by atoms with Crippen molar-refractivity contribution in [1.29, 1.82) is 0 Å². The molecule has 4 rings (SSSR count). The van der Waals surface area contributed by atoms with Crippen LogP contribution < -0.4 is 10.1 Å². The number of anilines is 1. The number of hydrogen-bond acceptors (Lipinski definition) is 5. The quantitative estimate of drug-likeness (QED) is 0.524. The number of aromatic nitrogens is 2. The van der Waals surface area contributed by atoms with Crippen LogP contribution in [0.3, 0.4) is 0 Å². The molecule has 0 aliphatic carbocycles. The van der Waals surface area contributed by atoms with Gasteiger partial charge in [0.2, 0.25) is 0 Å². The molecule has 0 spiro atoms. The fourth-order valence-electron chi connectivity index (χ4n) is 3.42. The lowest BCUT2D eigenvalue weighted by molar-refractivity contribution is -0.253. The van der Waals surface area contributed by atoms with Gasteiger partial charge in [0.15, 0.2) is 0 Å². The lowest BCUT2D eigenvalue weighted by Gasteiger charge is -2.21. The highest BCUT2D eigenvalue weighted by molar-refractivity contribution is 6.31. The van der Waals surface area contributed by atoms with Crippen molar-refractivity contribution in [2.24, 2.45) is 0 Å². The first-order valence-electron chi connectivity index (χ1n) is 9.65. The van der Waals surface area contributed by atoms with Crippen LogP contribution in [0.1, 0.15) is 16.8 Å². The molecule has 2 aromatic carbocycles. The maximum atomic E-state index is 13.4. The normalized spacial score (nSPS) is 16.6. The van der Waals surface area contributed by atoms with Gasteiger partial charge in [-0.25, -0.2) is 4.98 Å². The molecule has 1 aliphatic heterocycles. The molecular weight excluding hydrogens is 452 g/mol. The maximum absolute atomic E-state index is 13.4. The van der Waals surface area contributed by atoms with Gasteiger partial charge < -0.3 is 15.0 Å². The molecule has 0 bridgehead atoms. The highest BCUT2D eigenvalue weighted by Crippen LogP contribution is 2.31. The largest absolute Gasteiger partial charge is 0.461 e. The number of fused-ring (bicyclic) bond motifs is 1. The Bertz CT molecular complexity index is 1150. The third kappa shape index (κ3) is 4.69.